The average molecular weight is 596 g/mol. The molecule has 2 amide bonds. The molecule has 42 heavy (non-hydrogen) atoms. The normalized spacial score (nSPS) is 12.0. The Morgan fingerprint density at radius 3 is 2.05 bits per heavy atom. The quantitative estimate of drug-likeness (QED) is 0.324. The van der Waals surface area contributed by atoms with Gasteiger partial charge in [0.2, 0.25) is 11.8 Å². The number of nitrogens with zero attached hydrogens (tertiary/aromatic N) is 2. The van der Waals surface area contributed by atoms with E-state index in [4.69, 9.17) is 9.47 Å². The molecular formula is C32H41N3O6S. The Bertz CT molecular complexity index is 1520. The van der Waals surface area contributed by atoms with Crippen molar-refractivity contribution in [2.75, 3.05) is 25.1 Å². The largest absolute Gasteiger partial charge is 0.493 e. The van der Waals surface area contributed by atoms with Gasteiger partial charge in [0, 0.05) is 18.7 Å². The number of nitrogens with one attached hydrogen (secondary N) is 1. The minimum absolute atomic E-state index is 0.0665. The molecule has 0 aliphatic carbocycles. The summed E-state index contributed by atoms with van der Waals surface area (Å²) in [6, 6.07) is 16.3. The summed E-state index contributed by atoms with van der Waals surface area (Å²) in [7, 11) is -1.38. The zero-order valence-corrected chi connectivity index (χ0v) is 26.4. The van der Waals surface area contributed by atoms with Gasteiger partial charge in [-0.05, 0) is 88.1 Å². The van der Waals surface area contributed by atoms with Gasteiger partial charge in [-0.25, -0.2) is 8.42 Å². The van der Waals surface area contributed by atoms with Crippen LogP contribution in [0.5, 0.6) is 11.5 Å². The predicted octanol–water partition coefficient (Wildman–Crippen LogP) is 4.77. The SMILES string of the molecule is COc1ccc(S(=O)(=O)N(CC(=O)N(Cc2ccccc2C)C(C)C(=O)NC(C)C)c2cc(C)cc(C)c2)cc1OC. The Morgan fingerprint density at radius 2 is 1.48 bits per heavy atom. The highest BCUT2D eigenvalue weighted by Crippen LogP contribution is 2.33. The van der Waals surface area contributed by atoms with Gasteiger partial charge in [0.15, 0.2) is 11.5 Å². The molecule has 1 atom stereocenters. The fourth-order valence-corrected chi connectivity index (χ4v) is 6.10. The van der Waals surface area contributed by atoms with E-state index in [1.807, 2.05) is 65.0 Å². The topological polar surface area (TPSA) is 105 Å². The van der Waals surface area contributed by atoms with Crippen molar-refractivity contribution in [3.8, 4) is 11.5 Å². The lowest BCUT2D eigenvalue weighted by Crippen LogP contribution is -2.52. The molecule has 1 unspecified atom stereocenters. The second kappa shape index (κ2) is 13.7. The van der Waals surface area contributed by atoms with E-state index in [2.05, 4.69) is 5.32 Å². The van der Waals surface area contributed by atoms with Gasteiger partial charge in [-0.2, -0.15) is 0 Å². The Labute approximate surface area is 249 Å². The van der Waals surface area contributed by atoms with Crippen LogP contribution in [0.25, 0.3) is 0 Å². The molecule has 0 radical (unpaired) electrons. The molecule has 0 saturated carbocycles. The molecule has 9 nitrogen and oxygen atoms in total. The van der Waals surface area contributed by atoms with Crippen LogP contribution in [0.2, 0.25) is 0 Å². The third kappa shape index (κ3) is 7.61. The van der Waals surface area contributed by atoms with Crippen molar-refractivity contribution in [3.63, 3.8) is 0 Å². The number of hydrogen-bond donors (Lipinski definition) is 1. The highest BCUT2D eigenvalue weighted by Gasteiger charge is 2.33. The van der Waals surface area contributed by atoms with Gasteiger partial charge in [0.25, 0.3) is 10.0 Å². The predicted molar refractivity (Wildman–Crippen MR) is 164 cm³/mol. The molecule has 3 aromatic rings. The number of benzene rings is 3. The van der Waals surface area contributed by atoms with Gasteiger partial charge in [-0.3, -0.25) is 13.9 Å². The Hall–Kier alpha value is -4.05. The number of aryl methyl sites for hydroxylation is 3. The van der Waals surface area contributed by atoms with Gasteiger partial charge < -0.3 is 19.7 Å². The fourth-order valence-electron chi connectivity index (χ4n) is 4.69. The third-order valence-electron chi connectivity index (χ3n) is 6.92. The second-order valence-electron chi connectivity index (χ2n) is 10.7. The lowest BCUT2D eigenvalue weighted by Gasteiger charge is -2.33. The first-order chi connectivity index (χ1) is 19.8. The maximum Gasteiger partial charge on any atom is 0.264 e. The zero-order valence-electron chi connectivity index (χ0n) is 25.6. The maximum atomic E-state index is 14.2. The molecule has 0 aromatic heterocycles. The van der Waals surface area contributed by atoms with Crippen LogP contribution in [0.4, 0.5) is 5.69 Å². The summed E-state index contributed by atoms with van der Waals surface area (Å²) in [6.07, 6.45) is 0. The molecule has 1 N–H and O–H groups in total. The summed E-state index contributed by atoms with van der Waals surface area (Å²) in [5, 5.41) is 2.87. The van der Waals surface area contributed by atoms with Gasteiger partial charge >= 0.3 is 0 Å². The first kappa shape index (κ1) is 32.5. The number of anilines is 1. The molecule has 0 fully saturated rings. The fraction of sp³-hybridized carbons (Fsp3) is 0.375. The molecule has 226 valence electrons. The van der Waals surface area contributed by atoms with Crippen LogP contribution < -0.4 is 19.1 Å². The van der Waals surface area contributed by atoms with Gasteiger partial charge in [0.1, 0.15) is 12.6 Å². The van der Waals surface area contributed by atoms with E-state index in [0.717, 1.165) is 26.6 Å². The van der Waals surface area contributed by atoms with Crippen LogP contribution >= 0.6 is 0 Å². The minimum Gasteiger partial charge on any atom is -0.493 e. The third-order valence-corrected chi connectivity index (χ3v) is 8.69. The molecule has 10 heteroatoms. The number of sulfonamides is 1. The molecule has 0 saturated heterocycles. The van der Waals surface area contributed by atoms with Crippen molar-refractivity contribution in [1.29, 1.82) is 0 Å². The van der Waals surface area contributed by atoms with Crippen LogP contribution in [0.15, 0.2) is 65.6 Å². The van der Waals surface area contributed by atoms with Crippen LogP contribution in [-0.2, 0) is 26.2 Å². The lowest BCUT2D eigenvalue weighted by molar-refractivity contribution is -0.139. The summed E-state index contributed by atoms with van der Waals surface area (Å²) in [5.41, 5.74) is 3.83. The smallest absolute Gasteiger partial charge is 0.264 e. The van der Waals surface area contributed by atoms with Crippen molar-refractivity contribution in [3.05, 3.63) is 82.9 Å². The van der Waals surface area contributed by atoms with E-state index in [-0.39, 0.29) is 29.1 Å². The first-order valence-electron chi connectivity index (χ1n) is 13.8. The standard InChI is InChI=1S/C32H41N3O6S/c1-21(2)33-32(37)25(6)34(19-26-12-10-9-11-24(26)5)31(36)20-35(27-16-22(3)15-23(4)17-27)42(38,39)28-13-14-29(40-7)30(18-28)41-8/h9-18,21,25H,19-20H2,1-8H3,(H,33,37). The summed E-state index contributed by atoms with van der Waals surface area (Å²) in [5.74, 6) is -0.231. The van der Waals surface area contributed by atoms with E-state index in [1.165, 1.54) is 37.3 Å². The van der Waals surface area contributed by atoms with E-state index < -0.39 is 28.5 Å². The average Bonchev–Trinajstić information content (AvgIpc) is 2.93. The van der Waals surface area contributed by atoms with Gasteiger partial charge in [-0.1, -0.05) is 30.3 Å². The summed E-state index contributed by atoms with van der Waals surface area (Å²) in [6.45, 7) is 10.6. The Balaban J connectivity index is 2.12. The number of amides is 2. The second-order valence-corrected chi connectivity index (χ2v) is 12.5. The number of ether oxygens (including phenoxy) is 2. The summed E-state index contributed by atoms with van der Waals surface area (Å²) in [4.78, 5) is 28.6. The number of carbonyl (C=O) groups is 2. The zero-order chi connectivity index (χ0) is 31.2. The van der Waals surface area contributed by atoms with Crippen LogP contribution in [0.1, 0.15) is 43.0 Å². The minimum atomic E-state index is -4.27. The van der Waals surface area contributed by atoms with Crippen LogP contribution in [-0.4, -0.2) is 58.0 Å². The van der Waals surface area contributed by atoms with E-state index in [0.29, 0.717) is 11.4 Å². The molecular weight excluding hydrogens is 554 g/mol. The Kier molecular flexibility index (Phi) is 10.6. The van der Waals surface area contributed by atoms with Crippen molar-refractivity contribution < 1.29 is 27.5 Å². The number of hydrogen-bond acceptors (Lipinski definition) is 6. The molecule has 0 spiro atoms. The summed E-state index contributed by atoms with van der Waals surface area (Å²) >= 11 is 0. The van der Waals surface area contributed by atoms with Crippen molar-refractivity contribution in [1.82, 2.24) is 10.2 Å². The highest BCUT2D eigenvalue weighted by molar-refractivity contribution is 7.92. The van der Waals surface area contributed by atoms with E-state index >= 15 is 0 Å². The van der Waals surface area contributed by atoms with Crippen LogP contribution in [0.3, 0.4) is 0 Å². The van der Waals surface area contributed by atoms with E-state index in [9.17, 15) is 18.0 Å². The van der Waals surface area contributed by atoms with Crippen molar-refractivity contribution in [2.45, 2.75) is 65.1 Å². The number of methoxy groups -OCH3 is 2. The monoisotopic (exact) mass is 595 g/mol. The van der Waals surface area contributed by atoms with E-state index in [1.54, 1.807) is 19.1 Å². The van der Waals surface area contributed by atoms with Crippen molar-refractivity contribution >= 4 is 27.5 Å². The van der Waals surface area contributed by atoms with Gasteiger partial charge in [0.05, 0.1) is 24.8 Å². The highest BCUT2D eigenvalue weighted by atomic mass is 32.2. The van der Waals surface area contributed by atoms with Crippen molar-refractivity contribution in [2.24, 2.45) is 0 Å². The lowest BCUT2D eigenvalue weighted by atomic mass is 10.1. The molecule has 0 heterocycles. The molecule has 3 aromatic carbocycles. The maximum absolute atomic E-state index is 14.2. The van der Waals surface area contributed by atoms with Gasteiger partial charge in [-0.15, -0.1) is 0 Å². The number of rotatable bonds is 12. The molecule has 0 bridgehead atoms. The molecule has 0 aliphatic heterocycles. The summed E-state index contributed by atoms with van der Waals surface area (Å²) < 4.78 is 40.2. The Morgan fingerprint density at radius 1 is 0.857 bits per heavy atom. The molecule has 3 rings (SSSR count). The molecule has 0 aliphatic rings. The van der Waals surface area contributed by atoms with Crippen LogP contribution in [0, 0.1) is 20.8 Å². The first-order valence-corrected chi connectivity index (χ1v) is 15.2. The number of carbonyl (C=O) groups excluding carboxylic acids is 2.